The van der Waals surface area contributed by atoms with Crippen molar-refractivity contribution in [3.63, 3.8) is 0 Å². The Morgan fingerprint density at radius 2 is 1.67 bits per heavy atom. The van der Waals surface area contributed by atoms with Crippen LogP contribution in [-0.4, -0.2) is 14.5 Å². The van der Waals surface area contributed by atoms with E-state index in [-0.39, 0.29) is 20.4 Å². The molecule has 0 spiro atoms. The van der Waals surface area contributed by atoms with Gasteiger partial charge in [0.15, 0.2) is 0 Å². The van der Waals surface area contributed by atoms with Crippen LogP contribution >= 0.6 is 0 Å². The topological polar surface area (TPSA) is 0 Å². The fourth-order valence-corrected chi connectivity index (χ4v) is 5.08. The maximum absolute atomic E-state index is 14.5. The van der Waals surface area contributed by atoms with Gasteiger partial charge < -0.3 is 0 Å². The summed E-state index contributed by atoms with van der Waals surface area (Å²) in [6.07, 6.45) is 4.18. The summed E-state index contributed by atoms with van der Waals surface area (Å²) in [4.78, 5) is 0. The quantitative estimate of drug-likeness (QED) is 0.644. The molecule has 112 valence electrons. The Morgan fingerprint density at radius 3 is 2.29 bits per heavy atom. The molecule has 2 aromatic rings. The van der Waals surface area contributed by atoms with E-state index in [2.05, 4.69) is 6.92 Å². The third kappa shape index (κ3) is 3.00. The number of benzene rings is 1. The molecule has 3 heteroatoms. The number of hydrogen-bond acceptors (Lipinski definition) is 0. The molecule has 1 aliphatic rings. The monoisotopic (exact) mass is 354 g/mol. The predicted octanol–water partition coefficient (Wildman–Crippen LogP) is 5.29. The van der Waals surface area contributed by atoms with Gasteiger partial charge in [-0.1, -0.05) is 0 Å². The van der Waals surface area contributed by atoms with E-state index in [0.29, 0.717) is 17.0 Å². The predicted molar refractivity (Wildman–Crippen MR) is 83.8 cm³/mol. The van der Waals surface area contributed by atoms with Crippen molar-refractivity contribution in [1.82, 2.24) is 0 Å². The SMILES string of the molecule is Cc1ccc(-c2ccc(C3CCC(C)CC3)c(F)c2F)[se]1. The van der Waals surface area contributed by atoms with Gasteiger partial charge in [0.25, 0.3) is 0 Å². The fraction of sp³-hybridized carbons (Fsp3) is 0.444. The van der Waals surface area contributed by atoms with Gasteiger partial charge in [0.2, 0.25) is 0 Å². The van der Waals surface area contributed by atoms with Crippen LogP contribution in [-0.2, 0) is 0 Å². The maximum atomic E-state index is 14.5. The molecule has 0 N–H and O–H groups in total. The molecule has 1 saturated carbocycles. The van der Waals surface area contributed by atoms with E-state index in [9.17, 15) is 8.78 Å². The van der Waals surface area contributed by atoms with Crippen molar-refractivity contribution >= 4 is 14.5 Å². The van der Waals surface area contributed by atoms with E-state index in [1.165, 1.54) is 4.44 Å². The molecular weight excluding hydrogens is 333 g/mol. The van der Waals surface area contributed by atoms with Crippen molar-refractivity contribution in [2.45, 2.75) is 45.4 Å². The molecule has 21 heavy (non-hydrogen) atoms. The minimum absolute atomic E-state index is 0.134. The van der Waals surface area contributed by atoms with Crippen molar-refractivity contribution in [2.24, 2.45) is 5.92 Å². The van der Waals surface area contributed by atoms with Crippen molar-refractivity contribution < 1.29 is 8.78 Å². The summed E-state index contributed by atoms with van der Waals surface area (Å²) in [6.45, 7) is 4.27. The van der Waals surface area contributed by atoms with Crippen molar-refractivity contribution in [2.75, 3.05) is 0 Å². The van der Waals surface area contributed by atoms with Crippen LogP contribution in [0.3, 0.4) is 0 Å². The molecule has 1 aliphatic carbocycles. The van der Waals surface area contributed by atoms with Gasteiger partial charge in [0.05, 0.1) is 0 Å². The van der Waals surface area contributed by atoms with Crippen LogP contribution in [0, 0.1) is 24.5 Å². The molecular formula is C18H20F2Se. The summed E-state index contributed by atoms with van der Waals surface area (Å²) in [5.74, 6) is -0.364. The fourth-order valence-electron chi connectivity index (χ4n) is 3.22. The average molecular weight is 353 g/mol. The van der Waals surface area contributed by atoms with E-state index < -0.39 is 11.6 Å². The van der Waals surface area contributed by atoms with Gasteiger partial charge in [-0.05, 0) is 0 Å². The van der Waals surface area contributed by atoms with Crippen LogP contribution in [0.5, 0.6) is 0 Å². The normalized spacial score (nSPS) is 22.5. The van der Waals surface area contributed by atoms with Gasteiger partial charge in [-0.3, -0.25) is 0 Å². The Balaban J connectivity index is 1.93. The zero-order valence-electron chi connectivity index (χ0n) is 12.5. The van der Waals surface area contributed by atoms with Gasteiger partial charge in [0.1, 0.15) is 0 Å². The summed E-state index contributed by atoms with van der Waals surface area (Å²) >= 11 is 0.134. The Bertz CT molecular complexity index is 637. The van der Waals surface area contributed by atoms with E-state index in [4.69, 9.17) is 0 Å². The molecule has 0 unspecified atom stereocenters. The molecule has 0 saturated heterocycles. The van der Waals surface area contributed by atoms with Crippen molar-refractivity contribution in [3.8, 4) is 10.0 Å². The van der Waals surface area contributed by atoms with Gasteiger partial charge in [0, 0.05) is 0 Å². The number of aryl methyl sites for hydroxylation is 1. The summed E-state index contributed by atoms with van der Waals surface area (Å²) in [6, 6.07) is 7.53. The molecule has 1 aromatic heterocycles. The molecule has 3 rings (SSSR count). The van der Waals surface area contributed by atoms with Crippen LogP contribution in [0.1, 0.15) is 48.5 Å². The van der Waals surface area contributed by atoms with E-state index >= 15 is 0 Å². The molecule has 0 nitrogen and oxygen atoms in total. The third-order valence-electron chi connectivity index (χ3n) is 4.57. The first-order valence-electron chi connectivity index (χ1n) is 7.61. The molecule has 1 aromatic carbocycles. The minimum atomic E-state index is -0.651. The van der Waals surface area contributed by atoms with E-state index in [0.717, 1.165) is 30.1 Å². The van der Waals surface area contributed by atoms with Crippen molar-refractivity contribution in [1.29, 1.82) is 0 Å². The van der Waals surface area contributed by atoms with Gasteiger partial charge >= 0.3 is 131 Å². The van der Waals surface area contributed by atoms with Crippen LogP contribution in [0.15, 0.2) is 24.3 Å². The van der Waals surface area contributed by atoms with Crippen LogP contribution in [0.4, 0.5) is 8.78 Å². The Labute approximate surface area is 130 Å². The Hall–Kier alpha value is -0.921. The van der Waals surface area contributed by atoms with Crippen LogP contribution in [0.25, 0.3) is 10.0 Å². The van der Waals surface area contributed by atoms with Crippen LogP contribution < -0.4 is 0 Å². The summed E-state index contributed by atoms with van der Waals surface area (Å²) in [7, 11) is 0. The molecule has 0 bridgehead atoms. The second-order valence-corrected chi connectivity index (χ2v) is 8.90. The summed E-state index contributed by atoms with van der Waals surface area (Å²) < 4.78 is 31.1. The number of halogens is 2. The second-order valence-electron chi connectivity index (χ2n) is 6.20. The first-order valence-corrected chi connectivity index (χ1v) is 9.32. The molecule has 1 heterocycles. The van der Waals surface area contributed by atoms with Gasteiger partial charge in [-0.2, -0.15) is 0 Å². The number of hydrogen-bond donors (Lipinski definition) is 0. The summed E-state index contributed by atoms with van der Waals surface area (Å²) in [5.41, 5.74) is 1.03. The second kappa shape index (κ2) is 6.06. The molecule has 1 fully saturated rings. The first-order chi connectivity index (χ1) is 10.1. The van der Waals surface area contributed by atoms with Crippen LogP contribution in [0.2, 0.25) is 0 Å². The third-order valence-corrected chi connectivity index (χ3v) is 6.74. The number of rotatable bonds is 2. The molecule has 0 radical (unpaired) electrons. The zero-order valence-corrected chi connectivity index (χ0v) is 14.2. The zero-order chi connectivity index (χ0) is 15.0. The van der Waals surface area contributed by atoms with Crippen molar-refractivity contribution in [3.05, 3.63) is 45.9 Å². The average Bonchev–Trinajstić information content (AvgIpc) is 2.89. The van der Waals surface area contributed by atoms with E-state index in [1.54, 1.807) is 6.07 Å². The van der Waals surface area contributed by atoms with E-state index in [1.807, 2.05) is 25.1 Å². The molecule has 0 amide bonds. The molecule has 0 aliphatic heterocycles. The molecule has 0 atom stereocenters. The first kappa shape index (κ1) is 15.0. The van der Waals surface area contributed by atoms with Gasteiger partial charge in [-0.15, -0.1) is 0 Å². The Morgan fingerprint density at radius 1 is 0.952 bits per heavy atom. The standard InChI is InChI=1S/C18H20F2Se/c1-11-3-6-13(7-4-11)14-8-9-15(18(20)17(14)19)16-10-5-12(2)21-16/h5,8-11,13H,3-4,6-7H2,1-2H3. The summed E-state index contributed by atoms with van der Waals surface area (Å²) in [5, 5.41) is 0. The Kier molecular flexibility index (Phi) is 4.33. The van der Waals surface area contributed by atoms with Gasteiger partial charge in [-0.25, -0.2) is 0 Å².